The second kappa shape index (κ2) is 4.72. The first-order valence-corrected chi connectivity index (χ1v) is 7.25. The molecule has 21 heavy (non-hydrogen) atoms. The second-order valence-corrected chi connectivity index (χ2v) is 6.63. The summed E-state index contributed by atoms with van der Waals surface area (Å²) in [6.45, 7) is 10.3. The molecule has 110 valence electrons. The van der Waals surface area contributed by atoms with Crippen LogP contribution < -0.4 is 5.59 Å². The zero-order valence-electron chi connectivity index (χ0n) is 13.3. The fourth-order valence-corrected chi connectivity index (χ4v) is 2.28. The number of aryl methyl sites for hydroxylation is 1. The topological polar surface area (TPSA) is 36.3 Å². The minimum absolute atomic E-state index is 0.342. The number of aromatic nitrogens is 2. The Morgan fingerprint density at radius 1 is 1.00 bits per heavy atom. The summed E-state index contributed by atoms with van der Waals surface area (Å²) in [5.74, 6) is 0. The highest BCUT2D eigenvalue weighted by Crippen LogP contribution is 2.36. The van der Waals surface area contributed by atoms with Crippen LogP contribution in [0.25, 0.3) is 5.69 Å². The molecule has 0 spiro atoms. The Balaban J connectivity index is 1.85. The normalized spacial score (nSPS) is 20.0. The monoisotopic (exact) mass is 284 g/mol. The van der Waals surface area contributed by atoms with Crippen molar-refractivity contribution >= 4 is 12.7 Å². The molecule has 0 radical (unpaired) electrons. The van der Waals surface area contributed by atoms with Crippen LogP contribution >= 0.6 is 0 Å². The lowest BCUT2D eigenvalue weighted by Crippen LogP contribution is -2.41. The molecule has 1 saturated heterocycles. The maximum absolute atomic E-state index is 6.02. The van der Waals surface area contributed by atoms with Gasteiger partial charge < -0.3 is 13.9 Å². The third-order valence-electron chi connectivity index (χ3n) is 4.43. The van der Waals surface area contributed by atoms with E-state index in [4.69, 9.17) is 9.31 Å². The van der Waals surface area contributed by atoms with Crippen molar-refractivity contribution in [3.63, 3.8) is 0 Å². The van der Waals surface area contributed by atoms with E-state index in [9.17, 15) is 0 Å². The van der Waals surface area contributed by atoms with E-state index in [2.05, 4.69) is 36.2 Å². The predicted molar refractivity (Wildman–Crippen MR) is 84.0 cm³/mol. The van der Waals surface area contributed by atoms with Crippen molar-refractivity contribution in [1.29, 1.82) is 0 Å². The highest BCUT2D eigenvalue weighted by atomic mass is 16.7. The first-order chi connectivity index (χ1) is 9.78. The van der Waals surface area contributed by atoms with E-state index < -0.39 is 7.12 Å². The lowest BCUT2D eigenvalue weighted by atomic mass is 9.86. The van der Waals surface area contributed by atoms with Gasteiger partial charge >= 0.3 is 7.12 Å². The molecule has 0 unspecified atom stereocenters. The Morgan fingerprint density at radius 2 is 1.57 bits per heavy atom. The van der Waals surface area contributed by atoms with Crippen LogP contribution in [0.1, 0.15) is 33.3 Å². The predicted octanol–water partition coefficient (Wildman–Crippen LogP) is 2.48. The van der Waals surface area contributed by atoms with Gasteiger partial charge in [0.15, 0.2) is 0 Å². The summed E-state index contributed by atoms with van der Waals surface area (Å²) in [4.78, 5) is 4.44. The molecule has 2 aromatic rings. The standard InChI is InChI=1S/C16H21BN2O2/c1-12-6-8-13(9-7-12)19-10-14(18-11-19)17-20-15(2,3)16(4,5)21-17/h6-11H,1-5H3. The minimum atomic E-state index is -0.415. The summed E-state index contributed by atoms with van der Waals surface area (Å²) in [6, 6.07) is 8.32. The van der Waals surface area contributed by atoms with Crippen molar-refractivity contribution in [3.8, 4) is 5.69 Å². The van der Waals surface area contributed by atoms with Crippen LogP contribution in [0.2, 0.25) is 0 Å². The molecule has 3 rings (SSSR count). The van der Waals surface area contributed by atoms with E-state index in [0.717, 1.165) is 11.3 Å². The molecule has 0 aliphatic carbocycles. The molecule has 4 nitrogen and oxygen atoms in total. The lowest BCUT2D eigenvalue weighted by molar-refractivity contribution is 0.00578. The average molecular weight is 284 g/mol. The number of hydrogen-bond donors (Lipinski definition) is 0. The number of imidazole rings is 1. The second-order valence-electron chi connectivity index (χ2n) is 6.63. The fourth-order valence-electron chi connectivity index (χ4n) is 2.28. The van der Waals surface area contributed by atoms with Gasteiger partial charge in [-0.15, -0.1) is 0 Å². The Bertz CT molecular complexity index is 631. The molecule has 0 N–H and O–H groups in total. The van der Waals surface area contributed by atoms with E-state index in [1.54, 1.807) is 6.33 Å². The molecular weight excluding hydrogens is 263 g/mol. The summed E-state index contributed by atoms with van der Waals surface area (Å²) >= 11 is 0. The van der Waals surface area contributed by atoms with E-state index >= 15 is 0 Å². The third-order valence-corrected chi connectivity index (χ3v) is 4.43. The van der Waals surface area contributed by atoms with E-state index in [0.29, 0.717) is 0 Å². The van der Waals surface area contributed by atoms with Crippen LogP contribution in [-0.4, -0.2) is 27.9 Å². The zero-order valence-corrected chi connectivity index (χ0v) is 13.3. The molecule has 1 aliphatic heterocycles. The largest absolute Gasteiger partial charge is 0.516 e. The van der Waals surface area contributed by atoms with Gasteiger partial charge in [-0.3, -0.25) is 0 Å². The quantitative estimate of drug-likeness (QED) is 0.795. The smallest absolute Gasteiger partial charge is 0.398 e. The van der Waals surface area contributed by atoms with Gasteiger partial charge in [-0.05, 0) is 46.8 Å². The minimum Gasteiger partial charge on any atom is -0.398 e. The van der Waals surface area contributed by atoms with Crippen molar-refractivity contribution in [1.82, 2.24) is 9.55 Å². The lowest BCUT2D eigenvalue weighted by Gasteiger charge is -2.32. The molecule has 1 aromatic heterocycles. The molecule has 5 heteroatoms. The summed E-state index contributed by atoms with van der Waals surface area (Å²) in [5.41, 5.74) is 2.44. The average Bonchev–Trinajstić information content (AvgIpc) is 2.94. The van der Waals surface area contributed by atoms with Gasteiger partial charge in [-0.2, -0.15) is 0 Å². The fraction of sp³-hybridized carbons (Fsp3) is 0.438. The molecule has 2 heterocycles. The molecule has 1 aliphatic rings. The molecule has 0 bridgehead atoms. The molecular formula is C16H21BN2O2. The van der Waals surface area contributed by atoms with Crippen molar-refractivity contribution in [2.45, 2.75) is 45.8 Å². The number of hydrogen-bond acceptors (Lipinski definition) is 3. The summed E-state index contributed by atoms with van der Waals surface area (Å²) in [5, 5.41) is 0. The van der Waals surface area contributed by atoms with Crippen LogP contribution in [0.15, 0.2) is 36.8 Å². The number of nitrogens with zero attached hydrogens (tertiary/aromatic N) is 2. The Morgan fingerprint density at radius 3 is 2.14 bits per heavy atom. The molecule has 0 saturated carbocycles. The highest BCUT2D eigenvalue weighted by molar-refractivity contribution is 6.61. The van der Waals surface area contributed by atoms with Crippen LogP contribution in [0.5, 0.6) is 0 Å². The van der Waals surface area contributed by atoms with Gasteiger partial charge in [0.1, 0.15) is 0 Å². The highest BCUT2D eigenvalue weighted by Gasteiger charge is 2.52. The van der Waals surface area contributed by atoms with Crippen molar-refractivity contribution in [3.05, 3.63) is 42.4 Å². The van der Waals surface area contributed by atoms with Gasteiger partial charge in [0.2, 0.25) is 0 Å². The molecule has 0 atom stereocenters. The summed E-state index contributed by atoms with van der Waals surface area (Å²) < 4.78 is 14.0. The maximum Gasteiger partial charge on any atom is 0.516 e. The maximum atomic E-state index is 6.02. The van der Waals surface area contributed by atoms with Gasteiger partial charge in [-0.25, -0.2) is 4.98 Å². The summed E-state index contributed by atoms with van der Waals surface area (Å²) in [6.07, 6.45) is 3.76. The van der Waals surface area contributed by atoms with Crippen LogP contribution in [0.4, 0.5) is 0 Å². The Labute approximate surface area is 126 Å². The summed E-state index contributed by atoms with van der Waals surface area (Å²) in [7, 11) is -0.415. The van der Waals surface area contributed by atoms with E-state index in [1.165, 1.54) is 5.56 Å². The molecule has 0 amide bonds. The van der Waals surface area contributed by atoms with Gasteiger partial charge in [-0.1, -0.05) is 17.7 Å². The first kappa shape index (κ1) is 14.4. The molecule has 1 aromatic carbocycles. The van der Waals surface area contributed by atoms with Crippen LogP contribution in [0, 0.1) is 6.92 Å². The van der Waals surface area contributed by atoms with Crippen LogP contribution in [0.3, 0.4) is 0 Å². The Kier molecular flexibility index (Phi) is 3.22. The van der Waals surface area contributed by atoms with Crippen LogP contribution in [-0.2, 0) is 9.31 Å². The Hall–Kier alpha value is -1.59. The third kappa shape index (κ3) is 2.52. The van der Waals surface area contributed by atoms with Gasteiger partial charge in [0.25, 0.3) is 0 Å². The van der Waals surface area contributed by atoms with Crippen molar-refractivity contribution in [2.75, 3.05) is 0 Å². The SMILES string of the molecule is Cc1ccc(-n2cnc(B3OC(C)(C)C(C)(C)O3)c2)cc1. The zero-order chi connectivity index (χ0) is 15.3. The van der Waals surface area contributed by atoms with E-state index in [-0.39, 0.29) is 11.2 Å². The van der Waals surface area contributed by atoms with Gasteiger partial charge in [0, 0.05) is 11.9 Å². The molecule has 1 fully saturated rings. The van der Waals surface area contributed by atoms with E-state index in [1.807, 2.05) is 38.5 Å². The first-order valence-electron chi connectivity index (χ1n) is 7.25. The van der Waals surface area contributed by atoms with Crippen molar-refractivity contribution in [2.24, 2.45) is 0 Å². The number of rotatable bonds is 2. The van der Waals surface area contributed by atoms with Gasteiger partial charge in [0.05, 0.1) is 23.1 Å². The number of benzene rings is 1. The van der Waals surface area contributed by atoms with Crippen molar-refractivity contribution < 1.29 is 9.31 Å².